The predicted molar refractivity (Wildman–Crippen MR) is 78.2 cm³/mol. The molecule has 1 aromatic rings. The Morgan fingerprint density at radius 1 is 1.58 bits per heavy atom. The van der Waals surface area contributed by atoms with Gasteiger partial charge in [0.1, 0.15) is 5.69 Å². The van der Waals surface area contributed by atoms with E-state index in [1.165, 1.54) is 31.9 Å². The largest absolute Gasteiger partial charge is 0.383 e. The number of nitrogens with zero attached hydrogens (tertiary/aromatic N) is 2. The summed E-state index contributed by atoms with van der Waals surface area (Å²) in [6.45, 7) is 1.08. The van der Waals surface area contributed by atoms with E-state index in [9.17, 15) is 4.79 Å². The second-order valence-corrected chi connectivity index (χ2v) is 6.39. The zero-order chi connectivity index (χ0) is 13.7. The minimum Gasteiger partial charge on any atom is -0.383 e. The monoisotopic (exact) mass is 302 g/mol. The molecule has 0 bridgehead atoms. The maximum atomic E-state index is 12.3. The van der Waals surface area contributed by atoms with Crippen LogP contribution >= 0.6 is 23.4 Å². The highest BCUT2D eigenvalue weighted by molar-refractivity contribution is 8.00. The molecule has 0 N–H and O–H groups in total. The van der Waals surface area contributed by atoms with Crippen molar-refractivity contribution in [1.29, 1.82) is 0 Å². The molecule has 1 heterocycles. The van der Waals surface area contributed by atoms with Gasteiger partial charge in [-0.15, -0.1) is 0 Å². The summed E-state index contributed by atoms with van der Waals surface area (Å²) in [6, 6.07) is 0. The average molecular weight is 303 g/mol. The third-order valence-electron chi connectivity index (χ3n) is 3.32. The highest BCUT2D eigenvalue weighted by Gasteiger charge is 2.21. The minimum atomic E-state index is 0.0653. The zero-order valence-electron chi connectivity index (χ0n) is 11.1. The van der Waals surface area contributed by atoms with E-state index in [1.807, 2.05) is 0 Å². The summed E-state index contributed by atoms with van der Waals surface area (Å²) in [6.07, 6.45) is 6.57. The van der Waals surface area contributed by atoms with Crippen molar-refractivity contribution in [1.82, 2.24) is 9.78 Å². The van der Waals surface area contributed by atoms with Gasteiger partial charge in [0.2, 0.25) is 0 Å². The van der Waals surface area contributed by atoms with Crippen LogP contribution in [-0.4, -0.2) is 40.3 Å². The van der Waals surface area contributed by atoms with Crippen LogP contribution in [0.3, 0.4) is 0 Å². The summed E-state index contributed by atoms with van der Waals surface area (Å²) in [5.74, 6) is 0.554. The lowest BCUT2D eigenvalue weighted by Crippen LogP contribution is -2.16. The van der Waals surface area contributed by atoms with E-state index in [-0.39, 0.29) is 5.78 Å². The van der Waals surface area contributed by atoms with E-state index in [0.717, 1.165) is 0 Å². The normalized spacial score (nSPS) is 16.1. The Hall–Kier alpha value is -0.520. The summed E-state index contributed by atoms with van der Waals surface area (Å²) in [5.41, 5.74) is 0.518. The van der Waals surface area contributed by atoms with E-state index in [0.29, 0.717) is 34.9 Å². The number of carbonyl (C=O) groups is 1. The first-order chi connectivity index (χ1) is 9.22. The fourth-order valence-electron chi connectivity index (χ4n) is 2.30. The topological polar surface area (TPSA) is 44.1 Å². The summed E-state index contributed by atoms with van der Waals surface area (Å²) in [5, 5.41) is 5.20. The highest BCUT2D eigenvalue weighted by atomic mass is 35.5. The first-order valence-electron chi connectivity index (χ1n) is 6.57. The maximum Gasteiger partial charge on any atom is 0.192 e. The lowest BCUT2D eigenvalue weighted by atomic mass is 10.3. The smallest absolute Gasteiger partial charge is 0.192 e. The number of ether oxygens (including phenoxy) is 1. The number of Topliss-reactive ketones (excluding diaryl/α,β-unsaturated/α-hetero) is 1. The summed E-state index contributed by atoms with van der Waals surface area (Å²) < 4.78 is 6.65. The number of hydrogen-bond donors (Lipinski definition) is 0. The summed E-state index contributed by atoms with van der Waals surface area (Å²) >= 11 is 7.81. The minimum absolute atomic E-state index is 0.0653. The van der Waals surface area contributed by atoms with Crippen LogP contribution in [0.4, 0.5) is 0 Å². The van der Waals surface area contributed by atoms with E-state index >= 15 is 0 Å². The molecule has 0 amide bonds. The number of thioether (sulfide) groups is 1. The van der Waals surface area contributed by atoms with Crippen molar-refractivity contribution in [2.75, 3.05) is 19.5 Å². The number of rotatable bonds is 7. The zero-order valence-corrected chi connectivity index (χ0v) is 12.7. The molecule has 1 fully saturated rings. The molecule has 1 aliphatic rings. The van der Waals surface area contributed by atoms with Crippen molar-refractivity contribution in [2.24, 2.45) is 0 Å². The van der Waals surface area contributed by atoms with Gasteiger partial charge >= 0.3 is 0 Å². The van der Waals surface area contributed by atoms with Gasteiger partial charge in [-0.1, -0.05) is 24.4 Å². The second kappa shape index (κ2) is 7.31. The Morgan fingerprint density at radius 2 is 2.32 bits per heavy atom. The van der Waals surface area contributed by atoms with E-state index in [1.54, 1.807) is 23.6 Å². The molecule has 1 saturated carbocycles. The molecular weight excluding hydrogens is 284 g/mol. The van der Waals surface area contributed by atoms with Crippen LogP contribution in [0.1, 0.15) is 36.2 Å². The van der Waals surface area contributed by atoms with E-state index in [4.69, 9.17) is 16.3 Å². The molecule has 19 heavy (non-hydrogen) atoms. The molecule has 0 saturated heterocycles. The molecule has 0 atom stereocenters. The molecule has 0 radical (unpaired) electrons. The number of ketones is 1. The molecular formula is C13H19ClN2O2S. The average Bonchev–Trinajstić information content (AvgIpc) is 3.03. The molecule has 0 spiro atoms. The van der Waals surface area contributed by atoms with Crippen molar-refractivity contribution in [3.8, 4) is 0 Å². The van der Waals surface area contributed by atoms with Gasteiger partial charge < -0.3 is 4.74 Å². The molecule has 2 rings (SSSR count). The standard InChI is InChI=1S/C13H19ClN2O2S/c1-18-7-6-16-13(11(14)8-15-16)12(17)9-19-10-4-2-3-5-10/h8,10H,2-7,9H2,1H3. The SMILES string of the molecule is COCCn1ncc(Cl)c1C(=O)CSC1CCCC1. The Balaban J connectivity index is 1.94. The quantitative estimate of drug-likeness (QED) is 0.726. The highest BCUT2D eigenvalue weighted by Crippen LogP contribution is 2.30. The fourth-order valence-corrected chi connectivity index (χ4v) is 3.74. The second-order valence-electron chi connectivity index (χ2n) is 4.70. The van der Waals surface area contributed by atoms with Crippen molar-refractivity contribution < 1.29 is 9.53 Å². The third-order valence-corrected chi connectivity index (χ3v) is 4.97. The maximum absolute atomic E-state index is 12.3. The number of hydrogen-bond acceptors (Lipinski definition) is 4. The first kappa shape index (κ1) is 14.9. The Kier molecular flexibility index (Phi) is 5.73. The first-order valence-corrected chi connectivity index (χ1v) is 8.00. The van der Waals surface area contributed by atoms with Crippen molar-refractivity contribution in [3.05, 3.63) is 16.9 Å². The van der Waals surface area contributed by atoms with Gasteiger partial charge in [-0.05, 0) is 12.8 Å². The van der Waals surface area contributed by atoms with Crippen LogP contribution in [-0.2, 0) is 11.3 Å². The lowest BCUT2D eigenvalue weighted by Gasteiger charge is -2.09. The third kappa shape index (κ3) is 3.97. The van der Waals surface area contributed by atoms with Crippen LogP contribution in [0.2, 0.25) is 5.02 Å². The predicted octanol–water partition coefficient (Wildman–Crippen LogP) is 3.04. The fraction of sp³-hybridized carbons (Fsp3) is 0.692. The summed E-state index contributed by atoms with van der Waals surface area (Å²) in [4.78, 5) is 12.3. The molecule has 1 aromatic heterocycles. The molecule has 6 heteroatoms. The molecule has 106 valence electrons. The van der Waals surface area contributed by atoms with Gasteiger partial charge in [0.15, 0.2) is 5.78 Å². The van der Waals surface area contributed by atoms with Gasteiger partial charge in [0.05, 0.1) is 30.1 Å². The van der Waals surface area contributed by atoms with Gasteiger partial charge in [0, 0.05) is 12.4 Å². The van der Waals surface area contributed by atoms with Gasteiger partial charge in [-0.3, -0.25) is 9.48 Å². The van der Waals surface area contributed by atoms with Gasteiger partial charge in [-0.2, -0.15) is 16.9 Å². The molecule has 0 aliphatic heterocycles. The van der Waals surface area contributed by atoms with Gasteiger partial charge in [0.25, 0.3) is 0 Å². The Morgan fingerprint density at radius 3 is 3.00 bits per heavy atom. The van der Waals surface area contributed by atoms with Gasteiger partial charge in [-0.25, -0.2) is 0 Å². The molecule has 1 aliphatic carbocycles. The molecule has 0 aromatic carbocycles. The van der Waals surface area contributed by atoms with Crippen molar-refractivity contribution in [3.63, 3.8) is 0 Å². The van der Waals surface area contributed by atoms with Crippen molar-refractivity contribution >= 4 is 29.1 Å². The molecule has 4 nitrogen and oxygen atoms in total. The number of halogens is 1. The van der Waals surface area contributed by atoms with Crippen LogP contribution in [0, 0.1) is 0 Å². The Bertz CT molecular complexity index is 430. The van der Waals surface area contributed by atoms with Crippen LogP contribution in [0.5, 0.6) is 0 Å². The number of aromatic nitrogens is 2. The summed E-state index contributed by atoms with van der Waals surface area (Å²) in [7, 11) is 1.63. The van der Waals surface area contributed by atoms with E-state index < -0.39 is 0 Å². The Labute approximate surface area is 122 Å². The van der Waals surface area contributed by atoms with Crippen molar-refractivity contribution in [2.45, 2.75) is 37.5 Å². The number of methoxy groups -OCH3 is 1. The lowest BCUT2D eigenvalue weighted by molar-refractivity contribution is 0.100. The van der Waals surface area contributed by atoms with Crippen LogP contribution in [0.15, 0.2) is 6.20 Å². The van der Waals surface area contributed by atoms with Crippen LogP contribution < -0.4 is 0 Å². The number of carbonyl (C=O) groups excluding carboxylic acids is 1. The van der Waals surface area contributed by atoms with Crippen LogP contribution in [0.25, 0.3) is 0 Å². The van der Waals surface area contributed by atoms with E-state index in [2.05, 4.69) is 5.10 Å². The molecule has 0 unspecified atom stereocenters.